The number of hydrogen-bond donors (Lipinski definition) is 1. The zero-order valence-electron chi connectivity index (χ0n) is 12.5. The molecular formula is C15H16Cl3N3O2. The lowest BCUT2D eigenvalue weighted by molar-refractivity contribution is 0.0340. The number of aromatic amines is 1. The molecule has 0 unspecified atom stereocenters. The first-order chi connectivity index (χ1) is 11.0. The van der Waals surface area contributed by atoms with Crippen LogP contribution in [-0.4, -0.2) is 41.0 Å². The summed E-state index contributed by atoms with van der Waals surface area (Å²) < 4.78 is 6.72. The molecule has 0 bridgehead atoms. The highest BCUT2D eigenvalue weighted by atomic mass is 35.5. The van der Waals surface area contributed by atoms with Gasteiger partial charge in [0, 0.05) is 30.4 Å². The van der Waals surface area contributed by atoms with E-state index in [0.717, 1.165) is 18.8 Å². The normalized spacial score (nSPS) is 16.0. The molecule has 1 N–H and O–H groups in total. The molecule has 0 radical (unpaired) electrons. The summed E-state index contributed by atoms with van der Waals surface area (Å²) in [5, 5.41) is 4.12. The smallest absolute Gasteiger partial charge is 0.276 e. The number of aromatic nitrogens is 2. The standard InChI is InChI=1S/C15H16Cl3N3O2/c1-9-11(8-20-2-4-23-5-3-20)15(22)21(19-9)14-12(17)6-10(16)7-13(14)18/h6-7,19H,2-5,8H2,1H3. The zero-order valence-corrected chi connectivity index (χ0v) is 14.8. The number of hydrogen-bond acceptors (Lipinski definition) is 3. The van der Waals surface area contributed by atoms with Crippen molar-refractivity contribution in [1.82, 2.24) is 14.7 Å². The summed E-state index contributed by atoms with van der Waals surface area (Å²) in [5.74, 6) is 0. The average molecular weight is 377 g/mol. The Labute approximate surface area is 148 Å². The van der Waals surface area contributed by atoms with Crippen LogP contribution in [0.4, 0.5) is 0 Å². The lowest BCUT2D eigenvalue weighted by Gasteiger charge is -2.25. The van der Waals surface area contributed by atoms with Gasteiger partial charge in [-0.3, -0.25) is 14.8 Å². The Morgan fingerprint density at radius 2 is 1.78 bits per heavy atom. The molecule has 1 aromatic carbocycles. The van der Waals surface area contributed by atoms with E-state index in [2.05, 4.69) is 10.00 Å². The molecule has 1 aromatic heterocycles. The molecule has 124 valence electrons. The maximum atomic E-state index is 12.8. The van der Waals surface area contributed by atoms with Crippen molar-refractivity contribution in [2.75, 3.05) is 26.3 Å². The predicted molar refractivity (Wildman–Crippen MR) is 92.3 cm³/mol. The van der Waals surface area contributed by atoms with Crippen LogP contribution < -0.4 is 5.56 Å². The Morgan fingerprint density at radius 3 is 2.39 bits per heavy atom. The minimum Gasteiger partial charge on any atom is -0.379 e. The van der Waals surface area contributed by atoms with Gasteiger partial charge in [-0.25, -0.2) is 4.68 Å². The molecule has 0 spiro atoms. The first kappa shape index (κ1) is 16.9. The van der Waals surface area contributed by atoms with Crippen LogP contribution in [0.2, 0.25) is 15.1 Å². The van der Waals surface area contributed by atoms with Crippen LogP contribution in [0.3, 0.4) is 0 Å². The molecule has 0 aliphatic carbocycles. The van der Waals surface area contributed by atoms with E-state index in [1.807, 2.05) is 6.92 Å². The highest BCUT2D eigenvalue weighted by Gasteiger charge is 2.20. The quantitative estimate of drug-likeness (QED) is 0.894. The van der Waals surface area contributed by atoms with Crippen molar-refractivity contribution in [1.29, 1.82) is 0 Å². The van der Waals surface area contributed by atoms with Crippen molar-refractivity contribution in [3.05, 3.63) is 48.8 Å². The van der Waals surface area contributed by atoms with E-state index in [-0.39, 0.29) is 5.56 Å². The Balaban J connectivity index is 1.99. The summed E-state index contributed by atoms with van der Waals surface area (Å²) in [7, 11) is 0. The minimum atomic E-state index is -0.153. The third kappa shape index (κ3) is 3.44. The SMILES string of the molecule is Cc1[nH]n(-c2c(Cl)cc(Cl)cc2Cl)c(=O)c1CN1CCOCC1. The van der Waals surface area contributed by atoms with E-state index in [9.17, 15) is 4.79 Å². The van der Waals surface area contributed by atoms with Gasteiger partial charge in [0.25, 0.3) is 5.56 Å². The number of nitrogens with zero attached hydrogens (tertiary/aromatic N) is 2. The molecule has 23 heavy (non-hydrogen) atoms. The summed E-state index contributed by atoms with van der Waals surface area (Å²) in [6.07, 6.45) is 0. The summed E-state index contributed by atoms with van der Waals surface area (Å²) in [4.78, 5) is 15.0. The van der Waals surface area contributed by atoms with Crippen LogP contribution in [0.15, 0.2) is 16.9 Å². The maximum Gasteiger partial charge on any atom is 0.276 e. The van der Waals surface area contributed by atoms with Crippen molar-refractivity contribution >= 4 is 34.8 Å². The van der Waals surface area contributed by atoms with E-state index >= 15 is 0 Å². The summed E-state index contributed by atoms with van der Waals surface area (Å²) in [6, 6.07) is 3.13. The van der Waals surface area contributed by atoms with Gasteiger partial charge in [-0.2, -0.15) is 0 Å². The van der Waals surface area contributed by atoms with Gasteiger partial charge in [-0.1, -0.05) is 34.8 Å². The van der Waals surface area contributed by atoms with E-state index in [1.165, 1.54) is 4.68 Å². The summed E-state index contributed by atoms with van der Waals surface area (Å²) in [6.45, 7) is 5.43. The molecule has 5 nitrogen and oxygen atoms in total. The van der Waals surface area contributed by atoms with Crippen LogP contribution >= 0.6 is 34.8 Å². The number of morpholine rings is 1. The molecule has 0 atom stereocenters. The number of aryl methyl sites for hydroxylation is 1. The topological polar surface area (TPSA) is 50.3 Å². The lowest BCUT2D eigenvalue weighted by Crippen LogP contribution is -2.37. The Bertz CT molecular complexity index is 756. The van der Waals surface area contributed by atoms with Gasteiger partial charge in [0.1, 0.15) is 5.69 Å². The minimum absolute atomic E-state index is 0.153. The molecule has 1 saturated heterocycles. The molecule has 3 rings (SSSR count). The van der Waals surface area contributed by atoms with Gasteiger partial charge in [-0.15, -0.1) is 0 Å². The van der Waals surface area contributed by atoms with Crippen LogP contribution in [0.1, 0.15) is 11.3 Å². The monoisotopic (exact) mass is 375 g/mol. The highest BCUT2D eigenvalue weighted by molar-refractivity contribution is 6.40. The van der Waals surface area contributed by atoms with Crippen LogP contribution in [0, 0.1) is 6.92 Å². The number of ether oxygens (including phenoxy) is 1. The van der Waals surface area contributed by atoms with Crippen molar-refractivity contribution in [3.8, 4) is 5.69 Å². The van der Waals surface area contributed by atoms with E-state index in [1.54, 1.807) is 12.1 Å². The summed E-state index contributed by atoms with van der Waals surface area (Å²) in [5.41, 5.74) is 1.76. The van der Waals surface area contributed by atoms with Gasteiger partial charge in [0.2, 0.25) is 0 Å². The Kier molecular flexibility index (Phi) is 5.04. The molecule has 1 aliphatic heterocycles. The second kappa shape index (κ2) is 6.87. The fourth-order valence-corrected chi connectivity index (χ4v) is 3.64. The second-order valence-electron chi connectivity index (χ2n) is 5.46. The van der Waals surface area contributed by atoms with Gasteiger partial charge >= 0.3 is 0 Å². The largest absolute Gasteiger partial charge is 0.379 e. The predicted octanol–water partition coefficient (Wildman–Crippen LogP) is 3.27. The van der Waals surface area contributed by atoms with Gasteiger partial charge < -0.3 is 4.74 Å². The maximum absolute atomic E-state index is 12.8. The molecule has 2 aromatic rings. The van der Waals surface area contributed by atoms with Gasteiger partial charge in [-0.05, 0) is 19.1 Å². The molecule has 1 fully saturated rings. The van der Waals surface area contributed by atoms with Crippen molar-refractivity contribution in [2.45, 2.75) is 13.5 Å². The van der Waals surface area contributed by atoms with Crippen molar-refractivity contribution in [2.24, 2.45) is 0 Å². The summed E-state index contributed by atoms with van der Waals surface area (Å²) >= 11 is 18.4. The first-order valence-electron chi connectivity index (χ1n) is 7.23. The van der Waals surface area contributed by atoms with Crippen LogP contribution in [0.25, 0.3) is 5.69 Å². The third-order valence-corrected chi connectivity index (χ3v) is 4.68. The second-order valence-corrected chi connectivity index (χ2v) is 6.71. The number of H-pyrrole nitrogens is 1. The molecule has 8 heteroatoms. The number of rotatable bonds is 3. The fourth-order valence-electron chi connectivity index (χ4n) is 2.66. The number of benzene rings is 1. The van der Waals surface area contributed by atoms with Crippen LogP contribution in [-0.2, 0) is 11.3 Å². The van der Waals surface area contributed by atoms with E-state index in [4.69, 9.17) is 39.5 Å². The molecule has 1 aliphatic rings. The zero-order chi connectivity index (χ0) is 16.6. The van der Waals surface area contributed by atoms with E-state index in [0.29, 0.717) is 46.1 Å². The molecule has 2 heterocycles. The third-order valence-electron chi connectivity index (χ3n) is 3.88. The Morgan fingerprint density at radius 1 is 1.17 bits per heavy atom. The fraction of sp³-hybridized carbons (Fsp3) is 0.400. The first-order valence-corrected chi connectivity index (χ1v) is 8.36. The number of nitrogens with one attached hydrogen (secondary N) is 1. The number of halogens is 3. The van der Waals surface area contributed by atoms with Crippen molar-refractivity contribution < 1.29 is 4.74 Å². The van der Waals surface area contributed by atoms with Gasteiger partial charge in [0.15, 0.2) is 0 Å². The van der Waals surface area contributed by atoms with Gasteiger partial charge in [0.05, 0.1) is 28.8 Å². The molecule has 0 amide bonds. The lowest BCUT2D eigenvalue weighted by atomic mass is 10.2. The Hall–Kier alpha value is -0.980. The van der Waals surface area contributed by atoms with Crippen molar-refractivity contribution in [3.63, 3.8) is 0 Å². The average Bonchev–Trinajstić information content (AvgIpc) is 2.76. The van der Waals surface area contributed by atoms with E-state index < -0.39 is 0 Å². The van der Waals surface area contributed by atoms with Crippen LogP contribution in [0.5, 0.6) is 0 Å². The highest BCUT2D eigenvalue weighted by Crippen LogP contribution is 2.31. The molecular weight excluding hydrogens is 361 g/mol. The molecule has 0 saturated carbocycles.